The largest absolute Gasteiger partial charge is 0.481 e. The van der Waals surface area contributed by atoms with E-state index in [1.54, 1.807) is 11.8 Å². The van der Waals surface area contributed by atoms with Crippen LogP contribution in [0, 0.1) is 6.92 Å². The fourth-order valence-corrected chi connectivity index (χ4v) is 5.49. The Morgan fingerprint density at radius 1 is 1.05 bits per heavy atom. The highest BCUT2D eigenvalue weighted by Crippen LogP contribution is 2.41. The summed E-state index contributed by atoms with van der Waals surface area (Å²) in [5.41, 5.74) is 5.29. The van der Waals surface area contributed by atoms with Gasteiger partial charge in [0.2, 0.25) is 0 Å². The molecule has 0 aliphatic heterocycles. The second-order valence-electron chi connectivity index (χ2n) is 9.14. The van der Waals surface area contributed by atoms with Crippen LogP contribution >= 0.6 is 23.4 Å². The van der Waals surface area contributed by atoms with E-state index in [4.69, 9.17) is 16.7 Å². The molecule has 0 saturated carbocycles. The van der Waals surface area contributed by atoms with Crippen molar-refractivity contribution in [1.82, 2.24) is 14.8 Å². The molecular formula is C29H31ClN4O2S. The van der Waals surface area contributed by atoms with Crippen LogP contribution < -0.4 is 5.32 Å². The van der Waals surface area contributed by atoms with Gasteiger partial charge in [0.15, 0.2) is 5.16 Å². The Morgan fingerprint density at radius 2 is 1.73 bits per heavy atom. The van der Waals surface area contributed by atoms with Crippen molar-refractivity contribution in [3.8, 4) is 5.69 Å². The van der Waals surface area contributed by atoms with Crippen LogP contribution in [0.25, 0.3) is 5.69 Å². The zero-order valence-corrected chi connectivity index (χ0v) is 22.8. The van der Waals surface area contributed by atoms with Gasteiger partial charge >= 0.3 is 5.97 Å². The fourth-order valence-electron chi connectivity index (χ4n) is 4.17. The summed E-state index contributed by atoms with van der Waals surface area (Å²) in [4.78, 5) is 11.1. The monoisotopic (exact) mass is 534 g/mol. The number of thioether (sulfide) groups is 1. The van der Waals surface area contributed by atoms with Crippen LogP contribution in [0.15, 0.2) is 78.0 Å². The summed E-state index contributed by atoms with van der Waals surface area (Å²) in [7, 11) is 0. The van der Waals surface area contributed by atoms with Gasteiger partial charge in [-0.05, 0) is 61.7 Å². The smallest absolute Gasteiger partial charge is 0.305 e. The molecular weight excluding hydrogens is 504 g/mol. The summed E-state index contributed by atoms with van der Waals surface area (Å²) in [5.74, 6) is 0.0581. The first-order chi connectivity index (χ1) is 17.8. The van der Waals surface area contributed by atoms with Gasteiger partial charge in [0.25, 0.3) is 0 Å². The number of aryl methyl sites for hydroxylation is 2. The molecule has 0 aliphatic rings. The minimum Gasteiger partial charge on any atom is -0.481 e. The normalized spacial score (nSPS) is 12.8. The Balaban J connectivity index is 1.73. The molecule has 0 spiro atoms. The molecule has 2 N–H and O–H groups in total. The molecule has 0 aliphatic carbocycles. The summed E-state index contributed by atoms with van der Waals surface area (Å²) in [6, 6.07) is 24.3. The van der Waals surface area contributed by atoms with Gasteiger partial charge in [-0.2, -0.15) is 0 Å². The average Bonchev–Trinajstić information content (AvgIpc) is 3.26. The van der Waals surface area contributed by atoms with E-state index in [0.717, 1.165) is 40.8 Å². The standard InChI is InChI=1S/C29H31ClN4O2S/c1-4-6-26-32-33-29(34(26)25-8-5-7-24(18-25)31-20(3)17-27(35)36)37-28(21-11-9-19(2)10-12-21)22-13-15-23(30)16-14-22/h5,7-16,18,20,28,31H,4,6,17H2,1-3H3,(H,35,36). The van der Waals surface area contributed by atoms with Crippen molar-refractivity contribution in [3.63, 3.8) is 0 Å². The van der Waals surface area contributed by atoms with E-state index in [2.05, 4.69) is 70.3 Å². The van der Waals surface area contributed by atoms with E-state index in [0.29, 0.717) is 5.02 Å². The number of aliphatic carboxylic acids is 1. The lowest BCUT2D eigenvalue weighted by Crippen LogP contribution is -2.19. The molecule has 1 heterocycles. The summed E-state index contributed by atoms with van der Waals surface area (Å²) in [6.07, 6.45) is 1.77. The predicted molar refractivity (Wildman–Crippen MR) is 151 cm³/mol. The minimum atomic E-state index is -0.830. The molecule has 1 aromatic heterocycles. The summed E-state index contributed by atoms with van der Waals surface area (Å²) >= 11 is 7.84. The molecule has 4 aromatic rings. The molecule has 6 nitrogen and oxygen atoms in total. The first-order valence-electron chi connectivity index (χ1n) is 12.4. The molecule has 8 heteroatoms. The number of carbonyl (C=O) groups is 1. The van der Waals surface area contributed by atoms with Crippen LogP contribution in [-0.4, -0.2) is 31.9 Å². The molecule has 0 radical (unpaired) electrons. The third-order valence-corrected chi connectivity index (χ3v) is 7.46. The van der Waals surface area contributed by atoms with Crippen molar-refractivity contribution < 1.29 is 9.90 Å². The van der Waals surface area contributed by atoms with Crippen molar-refractivity contribution in [2.24, 2.45) is 0 Å². The van der Waals surface area contributed by atoms with Crippen LogP contribution in [0.4, 0.5) is 5.69 Å². The molecule has 4 rings (SSSR count). The van der Waals surface area contributed by atoms with Gasteiger partial charge in [-0.25, -0.2) is 0 Å². The number of nitrogens with zero attached hydrogens (tertiary/aromatic N) is 3. The second-order valence-corrected chi connectivity index (χ2v) is 10.6. The maximum absolute atomic E-state index is 11.1. The number of halogens is 1. The minimum absolute atomic E-state index is 0.00723. The molecule has 3 aromatic carbocycles. The molecule has 0 fully saturated rings. The zero-order valence-electron chi connectivity index (χ0n) is 21.2. The number of carboxylic acid groups (broad SMARTS) is 1. The Hall–Kier alpha value is -3.29. The summed E-state index contributed by atoms with van der Waals surface area (Å²) in [5, 5.41) is 23.1. The van der Waals surface area contributed by atoms with Crippen LogP contribution in [-0.2, 0) is 11.2 Å². The van der Waals surface area contributed by atoms with Gasteiger partial charge in [0.1, 0.15) is 5.82 Å². The van der Waals surface area contributed by atoms with E-state index in [9.17, 15) is 4.79 Å². The van der Waals surface area contributed by atoms with E-state index >= 15 is 0 Å². The molecule has 0 bridgehead atoms. The molecule has 192 valence electrons. The SMILES string of the molecule is CCCc1nnc(SC(c2ccc(C)cc2)c2ccc(Cl)cc2)n1-c1cccc(NC(C)CC(=O)O)c1. The average molecular weight is 535 g/mol. The summed E-state index contributed by atoms with van der Waals surface area (Å²) < 4.78 is 2.11. The van der Waals surface area contributed by atoms with E-state index in [1.807, 2.05) is 43.3 Å². The van der Waals surface area contributed by atoms with E-state index < -0.39 is 5.97 Å². The number of aromatic nitrogens is 3. The number of hydrogen-bond acceptors (Lipinski definition) is 5. The lowest BCUT2D eigenvalue weighted by atomic mass is 10.0. The highest BCUT2D eigenvalue weighted by atomic mass is 35.5. The Labute approximate surface area is 227 Å². The van der Waals surface area contributed by atoms with Crippen molar-refractivity contribution in [3.05, 3.63) is 100 Å². The van der Waals surface area contributed by atoms with E-state index in [1.165, 1.54) is 11.1 Å². The van der Waals surface area contributed by atoms with Gasteiger partial charge in [-0.15, -0.1) is 10.2 Å². The van der Waals surface area contributed by atoms with Crippen LogP contribution in [0.2, 0.25) is 5.02 Å². The van der Waals surface area contributed by atoms with Gasteiger partial charge in [-0.3, -0.25) is 9.36 Å². The third-order valence-electron chi connectivity index (χ3n) is 5.95. The molecule has 0 saturated heterocycles. The fraction of sp³-hybridized carbons (Fsp3) is 0.276. The highest BCUT2D eigenvalue weighted by molar-refractivity contribution is 7.99. The first kappa shape index (κ1) is 26.8. The summed E-state index contributed by atoms with van der Waals surface area (Å²) in [6.45, 7) is 6.07. The number of nitrogens with one attached hydrogen (secondary N) is 1. The van der Waals surface area contributed by atoms with Crippen LogP contribution in [0.1, 0.15) is 54.5 Å². The third kappa shape index (κ3) is 6.93. The number of anilines is 1. The predicted octanol–water partition coefficient (Wildman–Crippen LogP) is 7.34. The number of hydrogen-bond donors (Lipinski definition) is 2. The second kappa shape index (κ2) is 12.3. The maximum Gasteiger partial charge on any atom is 0.305 e. The lowest BCUT2D eigenvalue weighted by molar-refractivity contribution is -0.137. The van der Waals surface area contributed by atoms with Gasteiger partial charge in [-0.1, -0.05) is 78.3 Å². The molecule has 37 heavy (non-hydrogen) atoms. The molecule has 0 amide bonds. The van der Waals surface area contributed by atoms with E-state index in [-0.39, 0.29) is 17.7 Å². The van der Waals surface area contributed by atoms with Gasteiger partial charge in [0.05, 0.1) is 17.4 Å². The van der Waals surface area contributed by atoms with Gasteiger partial charge in [0, 0.05) is 23.2 Å². The van der Waals surface area contributed by atoms with Crippen molar-refractivity contribution in [2.75, 3.05) is 5.32 Å². The Kier molecular flexibility index (Phi) is 8.90. The lowest BCUT2D eigenvalue weighted by Gasteiger charge is -2.19. The number of rotatable bonds is 11. The quantitative estimate of drug-likeness (QED) is 0.196. The van der Waals surface area contributed by atoms with Gasteiger partial charge < -0.3 is 10.4 Å². The maximum atomic E-state index is 11.1. The molecule has 2 unspecified atom stereocenters. The van der Waals surface area contributed by atoms with Crippen LogP contribution in [0.5, 0.6) is 0 Å². The zero-order chi connectivity index (χ0) is 26.4. The number of benzene rings is 3. The van der Waals surface area contributed by atoms with Crippen molar-refractivity contribution >= 4 is 35.0 Å². The van der Waals surface area contributed by atoms with Crippen LogP contribution in [0.3, 0.4) is 0 Å². The number of carboxylic acids is 1. The van der Waals surface area contributed by atoms with Crippen molar-refractivity contribution in [2.45, 2.75) is 56.5 Å². The Morgan fingerprint density at radius 3 is 2.38 bits per heavy atom. The first-order valence-corrected chi connectivity index (χ1v) is 13.6. The molecule has 2 atom stereocenters. The van der Waals surface area contributed by atoms with Crippen molar-refractivity contribution in [1.29, 1.82) is 0 Å². The highest BCUT2D eigenvalue weighted by Gasteiger charge is 2.22. The topological polar surface area (TPSA) is 80.0 Å². The Bertz CT molecular complexity index is 1290.